The number of rotatable bonds is 4. The summed E-state index contributed by atoms with van der Waals surface area (Å²) in [7, 11) is -2.71. The van der Waals surface area contributed by atoms with E-state index in [9.17, 15) is 13.2 Å². The van der Waals surface area contributed by atoms with Crippen LogP contribution in [0.3, 0.4) is 0 Å². The summed E-state index contributed by atoms with van der Waals surface area (Å²) in [6.45, 7) is 1.82. The number of benzene rings is 2. The minimum Gasteiger partial charge on any atom is -0.495 e. The number of aryl methyl sites for hydroxylation is 1. The largest absolute Gasteiger partial charge is 0.495 e. The first-order valence-electron chi connectivity index (χ1n) is 7.19. The van der Waals surface area contributed by atoms with E-state index in [0.29, 0.717) is 11.4 Å². The second-order valence-corrected chi connectivity index (χ2v) is 6.88. The molecule has 0 atom stereocenters. The molecule has 4 N–H and O–H groups in total. The lowest BCUT2D eigenvalue weighted by atomic mass is 10.2. The summed E-state index contributed by atoms with van der Waals surface area (Å²) in [5.41, 5.74) is 5.61. The number of methoxy groups -OCH3 is 1. The zero-order valence-electron chi connectivity index (χ0n) is 13.7. The van der Waals surface area contributed by atoms with Crippen LogP contribution >= 0.6 is 0 Å². The number of amides is 1. The molecule has 0 aliphatic rings. The zero-order chi connectivity index (χ0) is 18.4. The predicted octanol–water partition coefficient (Wildman–Crippen LogP) is 1.19. The molecule has 0 heterocycles. The molecule has 1 amide bonds. The molecular formula is C16H18N4O4S. The van der Waals surface area contributed by atoms with Crippen LogP contribution in [0.5, 0.6) is 5.75 Å². The molecule has 0 unspecified atom stereocenters. The van der Waals surface area contributed by atoms with Crippen LogP contribution in [0.1, 0.15) is 5.56 Å². The average Bonchev–Trinajstić information content (AvgIpc) is 2.62. The smallest absolute Gasteiger partial charge is 0.297 e. The lowest BCUT2D eigenvalue weighted by molar-refractivity contribution is -0.114. The first-order chi connectivity index (χ1) is 11.9. The number of nitrogens with two attached hydrogens (primary N) is 1. The second kappa shape index (κ2) is 7.77. The van der Waals surface area contributed by atoms with Crippen molar-refractivity contribution in [3.05, 3.63) is 54.1 Å². The number of nitrogens with one attached hydrogen (secondary N) is 2. The normalized spacial score (nSPS) is 11.7. The van der Waals surface area contributed by atoms with Gasteiger partial charge in [0.2, 0.25) is 14.9 Å². The SMILES string of the molecule is COc1ccccc1N/N=C(/C(=O)NN)S(=O)(=O)c1ccc(C)cc1. The van der Waals surface area contributed by atoms with E-state index in [4.69, 9.17) is 10.6 Å². The maximum Gasteiger partial charge on any atom is 0.297 e. The lowest BCUT2D eigenvalue weighted by Crippen LogP contribution is -2.40. The van der Waals surface area contributed by atoms with E-state index in [1.807, 2.05) is 6.92 Å². The van der Waals surface area contributed by atoms with Crippen LogP contribution in [0.4, 0.5) is 5.69 Å². The Morgan fingerprint density at radius 3 is 2.36 bits per heavy atom. The Labute approximate surface area is 145 Å². The van der Waals surface area contributed by atoms with Gasteiger partial charge in [0.25, 0.3) is 5.91 Å². The first-order valence-corrected chi connectivity index (χ1v) is 8.68. The number of ether oxygens (including phenoxy) is 1. The molecule has 0 spiro atoms. The van der Waals surface area contributed by atoms with E-state index < -0.39 is 20.8 Å². The fourth-order valence-corrected chi connectivity index (χ4v) is 3.16. The lowest BCUT2D eigenvalue weighted by Gasteiger charge is -2.10. The molecule has 0 saturated carbocycles. The summed E-state index contributed by atoms with van der Waals surface area (Å²) >= 11 is 0. The van der Waals surface area contributed by atoms with Crippen LogP contribution in [-0.4, -0.2) is 26.5 Å². The van der Waals surface area contributed by atoms with Crippen molar-refractivity contribution >= 4 is 26.5 Å². The zero-order valence-corrected chi connectivity index (χ0v) is 14.5. The number of anilines is 1. The summed E-state index contributed by atoms with van der Waals surface area (Å²) < 4.78 is 30.5. The molecule has 0 bridgehead atoms. The number of carbonyl (C=O) groups is 1. The van der Waals surface area contributed by atoms with Crippen molar-refractivity contribution in [2.75, 3.05) is 12.5 Å². The standard InChI is InChI=1S/C16H18N4O4S/c1-11-7-9-12(10-8-11)25(22,23)16(15(21)18-17)20-19-13-5-3-4-6-14(13)24-2/h3-10,19H,17H2,1-2H3,(H,18,21)/b20-16-. The molecule has 0 aliphatic heterocycles. The van der Waals surface area contributed by atoms with E-state index >= 15 is 0 Å². The van der Waals surface area contributed by atoms with E-state index in [0.717, 1.165) is 5.56 Å². The molecule has 0 radical (unpaired) electrons. The molecule has 8 nitrogen and oxygen atoms in total. The monoisotopic (exact) mass is 362 g/mol. The van der Waals surface area contributed by atoms with Crippen molar-refractivity contribution in [3.8, 4) is 5.75 Å². The van der Waals surface area contributed by atoms with Crippen LogP contribution in [-0.2, 0) is 14.6 Å². The van der Waals surface area contributed by atoms with Crippen LogP contribution in [0.15, 0.2) is 58.5 Å². The number of hydrazone groups is 1. The van der Waals surface area contributed by atoms with Crippen molar-refractivity contribution in [1.82, 2.24) is 5.43 Å². The summed E-state index contributed by atoms with van der Waals surface area (Å²) in [6, 6.07) is 12.8. The van der Waals surface area contributed by atoms with Crippen molar-refractivity contribution in [2.45, 2.75) is 11.8 Å². The van der Waals surface area contributed by atoms with E-state index in [2.05, 4.69) is 10.5 Å². The van der Waals surface area contributed by atoms with Gasteiger partial charge in [0.15, 0.2) is 0 Å². The molecule has 9 heteroatoms. The third kappa shape index (κ3) is 4.14. The quantitative estimate of drug-likeness (QED) is 0.247. The number of hydrazine groups is 1. The fourth-order valence-electron chi connectivity index (χ4n) is 1.97. The van der Waals surface area contributed by atoms with Gasteiger partial charge in [-0.2, -0.15) is 5.10 Å². The molecule has 25 heavy (non-hydrogen) atoms. The highest BCUT2D eigenvalue weighted by atomic mass is 32.2. The van der Waals surface area contributed by atoms with Gasteiger partial charge < -0.3 is 4.74 Å². The molecule has 0 aromatic heterocycles. The third-order valence-corrected chi connectivity index (χ3v) is 4.97. The van der Waals surface area contributed by atoms with Crippen molar-refractivity contribution in [3.63, 3.8) is 0 Å². The number of sulfone groups is 1. The van der Waals surface area contributed by atoms with Crippen molar-refractivity contribution < 1.29 is 17.9 Å². The summed E-state index contributed by atoms with van der Waals surface area (Å²) in [6.07, 6.45) is 0. The number of hydrogen-bond acceptors (Lipinski definition) is 7. The number of hydrogen-bond donors (Lipinski definition) is 3. The first kappa shape index (κ1) is 18.4. The molecule has 2 rings (SSSR count). The van der Waals surface area contributed by atoms with Gasteiger partial charge in [-0.1, -0.05) is 29.8 Å². The van der Waals surface area contributed by atoms with Crippen LogP contribution in [0, 0.1) is 6.92 Å². The van der Waals surface area contributed by atoms with Gasteiger partial charge in [-0.25, -0.2) is 14.3 Å². The Morgan fingerprint density at radius 1 is 1.12 bits per heavy atom. The van der Waals surface area contributed by atoms with E-state index in [1.54, 1.807) is 41.8 Å². The van der Waals surface area contributed by atoms with Gasteiger partial charge in [0.05, 0.1) is 17.7 Å². The maximum atomic E-state index is 12.7. The van der Waals surface area contributed by atoms with Gasteiger partial charge in [0.1, 0.15) is 5.75 Å². The Hall–Kier alpha value is -2.91. The third-order valence-electron chi connectivity index (χ3n) is 3.30. The Balaban J connectivity index is 2.45. The highest BCUT2D eigenvalue weighted by Crippen LogP contribution is 2.23. The molecule has 2 aromatic rings. The second-order valence-electron chi connectivity index (χ2n) is 5.02. The number of carbonyl (C=O) groups excluding carboxylic acids is 1. The topological polar surface area (TPSA) is 123 Å². The van der Waals surface area contributed by atoms with Gasteiger partial charge >= 0.3 is 0 Å². The molecular weight excluding hydrogens is 344 g/mol. The van der Waals surface area contributed by atoms with Gasteiger partial charge in [0, 0.05) is 0 Å². The Kier molecular flexibility index (Phi) is 5.73. The van der Waals surface area contributed by atoms with Gasteiger partial charge in [-0.3, -0.25) is 15.6 Å². The van der Waals surface area contributed by atoms with Gasteiger partial charge in [-0.15, -0.1) is 0 Å². The van der Waals surface area contributed by atoms with Gasteiger partial charge in [-0.05, 0) is 31.2 Å². The highest BCUT2D eigenvalue weighted by molar-refractivity contribution is 8.08. The number of nitrogens with zero attached hydrogens (tertiary/aromatic N) is 1. The number of para-hydroxylation sites is 2. The minimum atomic E-state index is -4.16. The maximum absolute atomic E-state index is 12.7. The summed E-state index contributed by atoms with van der Waals surface area (Å²) in [5.74, 6) is 4.50. The molecule has 132 valence electrons. The van der Waals surface area contributed by atoms with Crippen LogP contribution in [0.25, 0.3) is 0 Å². The average molecular weight is 362 g/mol. The molecule has 0 saturated heterocycles. The Bertz CT molecular complexity index is 893. The van der Waals surface area contributed by atoms with Crippen LogP contribution in [0.2, 0.25) is 0 Å². The Morgan fingerprint density at radius 2 is 1.76 bits per heavy atom. The summed E-state index contributed by atoms with van der Waals surface area (Å²) in [5, 5.41) is 2.99. The fraction of sp³-hybridized carbons (Fsp3) is 0.125. The minimum absolute atomic E-state index is 0.0673. The van der Waals surface area contributed by atoms with Crippen molar-refractivity contribution in [1.29, 1.82) is 0 Å². The van der Waals surface area contributed by atoms with Crippen LogP contribution < -0.4 is 21.4 Å². The molecule has 0 aliphatic carbocycles. The molecule has 2 aromatic carbocycles. The van der Waals surface area contributed by atoms with Crippen molar-refractivity contribution in [2.24, 2.45) is 10.9 Å². The van der Waals surface area contributed by atoms with E-state index in [-0.39, 0.29) is 4.90 Å². The predicted molar refractivity (Wildman–Crippen MR) is 94.7 cm³/mol. The van der Waals surface area contributed by atoms with E-state index in [1.165, 1.54) is 19.2 Å². The highest BCUT2D eigenvalue weighted by Gasteiger charge is 2.29. The molecule has 0 fully saturated rings. The summed E-state index contributed by atoms with van der Waals surface area (Å²) in [4.78, 5) is 11.9.